The van der Waals surface area contributed by atoms with Crippen molar-refractivity contribution < 1.29 is 9.86 Å². The van der Waals surface area contributed by atoms with Crippen LogP contribution in [0.15, 0.2) is 54.6 Å². The minimum atomic E-state index is -0.181. The molecule has 0 saturated carbocycles. The number of quaternary nitrogens is 1. The summed E-state index contributed by atoms with van der Waals surface area (Å²) >= 11 is 0. The number of nitrogens with zero attached hydrogens (tertiary/aromatic N) is 1. The van der Waals surface area contributed by atoms with E-state index >= 15 is 0 Å². The van der Waals surface area contributed by atoms with Crippen molar-refractivity contribution >= 4 is 28.2 Å². The van der Waals surface area contributed by atoms with E-state index in [1.165, 1.54) is 0 Å². The third-order valence-electron chi connectivity index (χ3n) is 3.96. The number of fused-ring (bicyclic) bond motifs is 3. The molecule has 110 valence electrons. The van der Waals surface area contributed by atoms with Crippen LogP contribution < -0.4 is 9.96 Å². The van der Waals surface area contributed by atoms with Gasteiger partial charge in [0.05, 0.1) is 11.4 Å². The average Bonchev–Trinajstić information content (AvgIpc) is 2.80. The number of anilines is 2. The van der Waals surface area contributed by atoms with Gasteiger partial charge in [-0.2, -0.15) is 0 Å². The molecule has 3 aromatic rings. The number of hydrogen-bond acceptors (Lipinski definition) is 2. The fourth-order valence-electron chi connectivity index (χ4n) is 3.05. The van der Waals surface area contributed by atoms with Crippen molar-refractivity contribution in [3.05, 3.63) is 65.5 Å². The monoisotopic (exact) mass is 293 g/mol. The van der Waals surface area contributed by atoms with Crippen molar-refractivity contribution in [1.29, 1.82) is 0 Å². The Balaban J connectivity index is 2.00. The number of aromatic amines is 1. The van der Waals surface area contributed by atoms with Crippen molar-refractivity contribution in [3.8, 4) is 0 Å². The highest BCUT2D eigenvalue weighted by atomic mass is 16.5. The molecule has 1 aliphatic heterocycles. The Hall–Kier alpha value is -2.63. The maximum Gasteiger partial charge on any atom is 0.287 e. The van der Waals surface area contributed by atoms with E-state index in [-0.39, 0.29) is 24.1 Å². The van der Waals surface area contributed by atoms with Crippen LogP contribution in [-0.4, -0.2) is 17.4 Å². The number of para-hydroxylation sites is 2. The zero-order valence-corrected chi connectivity index (χ0v) is 11.9. The topological polar surface area (TPSA) is 63.6 Å². The second-order valence-corrected chi connectivity index (χ2v) is 5.45. The summed E-state index contributed by atoms with van der Waals surface area (Å²) in [6.45, 7) is 0.199. The molecular weight excluding hydrogens is 278 g/mol. The summed E-state index contributed by atoms with van der Waals surface area (Å²) in [6, 6.07) is 17.3. The summed E-state index contributed by atoms with van der Waals surface area (Å²) < 4.78 is 0. The predicted octanol–water partition coefficient (Wildman–Crippen LogP) is 1.73. The molecule has 1 aliphatic rings. The van der Waals surface area contributed by atoms with Crippen LogP contribution in [0.4, 0.5) is 11.4 Å². The average molecular weight is 293 g/mol. The number of rotatable bonds is 1. The first-order chi connectivity index (χ1) is 10.7. The molecule has 0 aliphatic carbocycles. The van der Waals surface area contributed by atoms with E-state index in [1.807, 2.05) is 54.6 Å². The predicted molar refractivity (Wildman–Crippen MR) is 84.8 cm³/mol. The van der Waals surface area contributed by atoms with Gasteiger partial charge in [0.15, 0.2) is 6.54 Å². The third kappa shape index (κ3) is 1.99. The van der Waals surface area contributed by atoms with Gasteiger partial charge in [-0.1, -0.05) is 36.4 Å². The number of carbonyl (C=O) groups is 1. The van der Waals surface area contributed by atoms with Crippen LogP contribution in [0.5, 0.6) is 0 Å². The molecule has 4 rings (SSSR count). The van der Waals surface area contributed by atoms with Crippen molar-refractivity contribution in [2.45, 2.75) is 6.54 Å². The van der Waals surface area contributed by atoms with Gasteiger partial charge in [0.25, 0.3) is 5.91 Å². The van der Waals surface area contributed by atoms with Crippen LogP contribution in [0.1, 0.15) is 5.69 Å². The number of carbonyl (C=O) groups excluding carboxylic acids is 1. The van der Waals surface area contributed by atoms with Gasteiger partial charge < -0.3 is 15.3 Å². The Bertz CT molecular complexity index is 841. The molecule has 5 nitrogen and oxygen atoms in total. The summed E-state index contributed by atoms with van der Waals surface area (Å²) in [6.07, 6.45) is 0. The van der Waals surface area contributed by atoms with Gasteiger partial charge in [-0.05, 0) is 18.2 Å². The van der Waals surface area contributed by atoms with Gasteiger partial charge in [-0.15, -0.1) is 0 Å². The number of hydrogen-bond donors (Lipinski definition) is 2. The molecule has 2 N–H and O–H groups in total. The highest BCUT2D eigenvalue weighted by Crippen LogP contribution is 2.36. The molecule has 0 radical (unpaired) electrons. The number of hydroxylamine groups is 2. The van der Waals surface area contributed by atoms with Gasteiger partial charge in [-0.3, -0.25) is 9.69 Å². The van der Waals surface area contributed by atoms with Gasteiger partial charge >= 0.3 is 0 Å². The van der Waals surface area contributed by atoms with Gasteiger partial charge in [0.1, 0.15) is 6.54 Å². The lowest BCUT2D eigenvalue weighted by atomic mass is 10.1. The molecule has 0 fully saturated rings. The molecule has 0 bridgehead atoms. The maximum absolute atomic E-state index is 12.6. The fraction of sp³-hybridized carbons (Fsp3) is 0.118. The first-order valence-corrected chi connectivity index (χ1v) is 7.23. The molecule has 2 heterocycles. The second-order valence-electron chi connectivity index (χ2n) is 5.45. The lowest BCUT2D eigenvalue weighted by Gasteiger charge is -2.22. The lowest BCUT2D eigenvalue weighted by Crippen LogP contribution is -3.06. The lowest BCUT2D eigenvalue weighted by molar-refractivity contribution is -0.853. The second kappa shape index (κ2) is 4.98. The highest BCUT2D eigenvalue weighted by Gasteiger charge is 2.30. The Morgan fingerprint density at radius 3 is 2.55 bits per heavy atom. The van der Waals surface area contributed by atoms with Crippen LogP contribution in [0.3, 0.4) is 0 Å². The van der Waals surface area contributed by atoms with Crippen LogP contribution in [0.2, 0.25) is 0 Å². The standard InChI is InChI=1S/C17H15N3O2/c21-16-11-19(22)10-15-17(13-8-4-5-9-14(13)18-15)20(16)12-6-2-1-3-7-12/h1-9,18-19H,10-11H2. The van der Waals surface area contributed by atoms with Crippen LogP contribution in [0.25, 0.3) is 10.9 Å². The molecule has 0 saturated heterocycles. The largest absolute Gasteiger partial charge is 0.634 e. The van der Waals surface area contributed by atoms with Crippen molar-refractivity contribution in [3.63, 3.8) is 0 Å². The normalized spacial score (nSPS) is 18.3. The molecule has 2 aromatic carbocycles. The van der Waals surface area contributed by atoms with Gasteiger partial charge in [-0.25, -0.2) is 0 Å². The quantitative estimate of drug-likeness (QED) is 0.671. The smallest absolute Gasteiger partial charge is 0.287 e. The molecule has 1 aromatic heterocycles. The highest BCUT2D eigenvalue weighted by molar-refractivity contribution is 6.09. The van der Waals surface area contributed by atoms with Gasteiger partial charge in [0, 0.05) is 16.6 Å². The number of benzene rings is 2. The van der Waals surface area contributed by atoms with E-state index in [2.05, 4.69) is 4.98 Å². The Morgan fingerprint density at radius 1 is 1.00 bits per heavy atom. The minimum Gasteiger partial charge on any atom is -0.634 e. The van der Waals surface area contributed by atoms with E-state index in [0.29, 0.717) is 0 Å². The van der Waals surface area contributed by atoms with E-state index in [0.717, 1.165) is 28.0 Å². The number of nitrogens with one attached hydrogen (secondary N) is 2. The minimum absolute atomic E-state index is 0.0590. The zero-order valence-electron chi connectivity index (χ0n) is 11.9. The summed E-state index contributed by atoms with van der Waals surface area (Å²) in [7, 11) is 0. The molecule has 0 spiro atoms. The number of amides is 1. The first kappa shape index (κ1) is 13.1. The molecule has 1 amide bonds. The Morgan fingerprint density at radius 2 is 1.73 bits per heavy atom. The van der Waals surface area contributed by atoms with Crippen LogP contribution in [-0.2, 0) is 11.3 Å². The summed E-state index contributed by atoms with van der Waals surface area (Å²) in [5.74, 6) is -0.181. The maximum atomic E-state index is 12.6. The van der Waals surface area contributed by atoms with E-state index in [9.17, 15) is 10.0 Å². The number of H-pyrrole nitrogens is 1. The van der Waals surface area contributed by atoms with E-state index in [1.54, 1.807) is 4.90 Å². The van der Waals surface area contributed by atoms with E-state index < -0.39 is 0 Å². The van der Waals surface area contributed by atoms with Crippen LogP contribution in [0, 0.1) is 5.21 Å². The Labute approximate surface area is 127 Å². The summed E-state index contributed by atoms with van der Waals surface area (Å²) in [5, 5.41) is 12.9. The van der Waals surface area contributed by atoms with Crippen molar-refractivity contribution in [1.82, 2.24) is 4.98 Å². The van der Waals surface area contributed by atoms with E-state index in [4.69, 9.17) is 0 Å². The summed E-state index contributed by atoms with van der Waals surface area (Å²) in [4.78, 5) is 17.6. The molecule has 1 unspecified atom stereocenters. The Kier molecular flexibility index (Phi) is 2.96. The fourth-order valence-corrected chi connectivity index (χ4v) is 3.05. The first-order valence-electron chi connectivity index (χ1n) is 7.23. The summed E-state index contributed by atoms with van der Waals surface area (Å²) in [5.41, 5.74) is 3.34. The molecular formula is C17H15N3O2. The van der Waals surface area contributed by atoms with Crippen molar-refractivity contribution in [2.75, 3.05) is 11.4 Å². The zero-order chi connectivity index (χ0) is 15.1. The molecule has 1 atom stereocenters. The third-order valence-corrected chi connectivity index (χ3v) is 3.96. The van der Waals surface area contributed by atoms with Gasteiger partial charge in [0.2, 0.25) is 0 Å². The number of aromatic nitrogens is 1. The SMILES string of the molecule is O=C1C[NH+]([O-])Cc2[nH]c3ccccc3c2N1c1ccccc1. The van der Waals surface area contributed by atoms with Crippen molar-refractivity contribution in [2.24, 2.45) is 0 Å². The van der Waals surface area contributed by atoms with Crippen LogP contribution >= 0.6 is 0 Å². The molecule has 5 heteroatoms. The molecule has 22 heavy (non-hydrogen) atoms.